The summed E-state index contributed by atoms with van der Waals surface area (Å²) in [5, 5.41) is 16.7. The van der Waals surface area contributed by atoms with Gasteiger partial charge in [0, 0.05) is 267 Å². The molecule has 792 valence electrons. The number of hydrogen-bond donors (Lipinski definition) is 0. The zero-order valence-corrected chi connectivity index (χ0v) is 89.2. The van der Waals surface area contributed by atoms with Gasteiger partial charge >= 0.3 is 24.1 Å². The second-order valence-electron chi connectivity index (χ2n) is 46.7. The number of benzene rings is 4. The van der Waals surface area contributed by atoms with Crippen LogP contribution in [0.1, 0.15) is 275 Å². The maximum atomic E-state index is 13.0. The van der Waals surface area contributed by atoms with Gasteiger partial charge < -0.3 is 48.7 Å². The van der Waals surface area contributed by atoms with Crippen molar-refractivity contribution in [2.75, 3.05) is 190 Å². The van der Waals surface area contributed by atoms with Crippen LogP contribution in [0.2, 0.25) is 0 Å². The van der Waals surface area contributed by atoms with Crippen molar-refractivity contribution in [3.63, 3.8) is 0 Å². The molecule has 4 aromatic carbocycles. The molecule has 0 radical (unpaired) electrons. The average Bonchev–Trinajstić information content (AvgIpc) is 1.61. The van der Waals surface area contributed by atoms with Crippen LogP contribution in [0.25, 0.3) is 0 Å². The summed E-state index contributed by atoms with van der Waals surface area (Å²) in [4.78, 5) is 133. The van der Waals surface area contributed by atoms with Gasteiger partial charge in [-0.1, -0.05) is 42.5 Å². The van der Waals surface area contributed by atoms with E-state index in [4.69, 9.17) is 9.47 Å². The largest absolute Gasteiger partial charge is 0.381 e. The van der Waals surface area contributed by atoms with Crippen molar-refractivity contribution in [1.29, 1.82) is 0 Å². The first-order valence-electron chi connectivity index (χ1n) is 56.1. The molecular weight excluding hydrogens is 1860 g/mol. The van der Waals surface area contributed by atoms with Crippen LogP contribution in [0, 0.1) is 33.1 Å². The highest BCUT2D eigenvalue weighted by Crippen LogP contribution is 2.49. The SMILES string of the molecule is CC(=O)c1ccn(C(=O)N2CCC3(CCCN3Cc3cc(C)cc(N4CCC5(CCOCC5)C4)c3)CC2)n1.CC(=O)c1ccn(C(=O)N2CCC3(CCCN3Cc3ccc(C)cc3N3CC4CCC(C3)O4)CC2)n1.CC(=O)c1ccn(C(=O)N2CCC3(CCCN3Cc3ccc(C)cc3N3CCN4CCC[C@@H]4C3)CC2)n1.CC(=O)c1ccn(C(=O)N2CCC3(CCCN3Cc3ccc(C)cc3N3CCN4CCC[C@H]4C3)CC2)n1. The molecule has 16 aliphatic heterocycles. The van der Waals surface area contributed by atoms with Crippen LogP contribution in [-0.2, 0) is 35.7 Å². The maximum absolute atomic E-state index is 13.0. The van der Waals surface area contributed by atoms with Crippen molar-refractivity contribution in [2.24, 2.45) is 5.41 Å². The highest BCUT2D eigenvalue weighted by atomic mass is 16.5. The number of piperazine rings is 2. The third-order valence-corrected chi connectivity index (χ3v) is 37.3. The number of fused-ring (bicyclic) bond motifs is 4. The molecule has 2 unspecified atom stereocenters. The lowest BCUT2D eigenvalue weighted by Crippen LogP contribution is -2.54. The quantitative estimate of drug-likeness (QED) is 0.0813. The number of ketones is 4. The average molecular weight is 2020 g/mol. The Bertz CT molecular complexity index is 5940. The molecule has 148 heavy (non-hydrogen) atoms. The zero-order valence-electron chi connectivity index (χ0n) is 89.2. The summed E-state index contributed by atoms with van der Waals surface area (Å²) in [5.41, 5.74) is 19.1. The van der Waals surface area contributed by atoms with E-state index in [0.29, 0.717) is 52.5 Å². The summed E-state index contributed by atoms with van der Waals surface area (Å²) >= 11 is 0. The molecular formula is C116H158N22O10. The van der Waals surface area contributed by atoms with E-state index in [-0.39, 0.29) is 69.4 Å². The molecule has 16 saturated heterocycles. The van der Waals surface area contributed by atoms with Crippen LogP contribution in [0.15, 0.2) is 122 Å². The Morgan fingerprint density at radius 3 is 1.00 bits per heavy atom. The lowest BCUT2D eigenvalue weighted by Gasteiger charge is -2.45. The predicted octanol–water partition coefficient (Wildman–Crippen LogP) is 15.9. The Morgan fingerprint density at radius 1 is 0.311 bits per heavy atom. The predicted molar refractivity (Wildman–Crippen MR) is 573 cm³/mol. The Hall–Kier alpha value is -10.8. The number of piperidine rings is 4. The van der Waals surface area contributed by atoms with Gasteiger partial charge in [0.05, 0.1) is 12.2 Å². The highest BCUT2D eigenvalue weighted by molar-refractivity contribution is 5.94. The summed E-state index contributed by atoms with van der Waals surface area (Å²) in [7, 11) is 0. The minimum Gasteiger partial charge on any atom is -0.381 e. The fourth-order valence-electron chi connectivity index (χ4n) is 28.6. The van der Waals surface area contributed by atoms with Crippen molar-refractivity contribution >= 4 is 70.0 Å². The Morgan fingerprint density at radius 2 is 0.655 bits per heavy atom. The molecule has 32 heteroatoms. The van der Waals surface area contributed by atoms with Crippen LogP contribution < -0.4 is 19.6 Å². The van der Waals surface area contributed by atoms with Crippen LogP contribution in [0.4, 0.5) is 41.9 Å². The number of aromatic nitrogens is 8. The minimum atomic E-state index is -0.135. The number of ether oxygens (including phenoxy) is 2. The van der Waals surface area contributed by atoms with Gasteiger partial charge in [0.1, 0.15) is 22.8 Å². The molecule has 0 aliphatic carbocycles. The van der Waals surface area contributed by atoms with Gasteiger partial charge in [-0.2, -0.15) is 39.1 Å². The number of Topliss-reactive ketones (excluding diaryl/α,β-unsaturated/α-hetero) is 4. The molecule has 4 aromatic heterocycles. The molecule has 0 saturated carbocycles. The van der Waals surface area contributed by atoms with E-state index in [2.05, 4.69) is 170 Å². The summed E-state index contributed by atoms with van der Waals surface area (Å²) in [5.74, 6) is -0.485. The summed E-state index contributed by atoms with van der Waals surface area (Å²) in [6, 6.07) is 35.6. The molecule has 8 aromatic rings. The van der Waals surface area contributed by atoms with Gasteiger partial charge in [-0.25, -0.2) is 19.2 Å². The summed E-state index contributed by atoms with van der Waals surface area (Å²) in [6.07, 6.45) is 36.0. The van der Waals surface area contributed by atoms with Crippen molar-refractivity contribution in [2.45, 2.75) is 289 Å². The van der Waals surface area contributed by atoms with E-state index in [1.807, 2.05) is 19.6 Å². The molecule has 5 spiro atoms. The lowest BCUT2D eigenvalue weighted by atomic mass is 9.80. The van der Waals surface area contributed by atoms with Gasteiger partial charge in [-0.15, -0.1) is 0 Å². The van der Waals surface area contributed by atoms with E-state index in [1.165, 1.54) is 249 Å². The number of carbonyl (C=O) groups excluding carboxylic acids is 8. The number of rotatable bonds is 16. The number of nitrogens with zero attached hydrogens (tertiary/aromatic N) is 22. The molecule has 20 heterocycles. The number of anilines is 4. The Kier molecular flexibility index (Phi) is 30.5. The second-order valence-corrected chi connectivity index (χ2v) is 46.7. The van der Waals surface area contributed by atoms with Crippen molar-refractivity contribution in [3.05, 3.63) is 189 Å². The highest BCUT2D eigenvalue weighted by Gasteiger charge is 2.51. The standard InChI is InChI=1S/C30H41N5O3.2C29H40N6O2.C28H37N5O3/c1-23-18-25(20-26(19-23)33-13-6-29(22-33)9-16-38-17-10-29)21-34-11-3-5-30(34)7-14-32(15-8-30)28(37)35-12-4-27(31-35)24(2)36;2*1-22-6-7-24(27(19-22)33-18-17-31-12-3-5-25(31)21-33)20-34-13-4-9-29(34)10-15-32(16-11-29)28(37)35-14-8-26(30-35)23(2)36;1-20-4-5-22(26(16-20)31-18-23-6-7-24(19-31)36-23)17-32-12-3-9-28(32)10-14-30(15-11-28)27(35)33-13-8-25(29-33)21(2)34/h4,12,18-20H,3,5-11,13-17,21-22H2,1-2H3;2*6-8,14,19,25H,3-5,9-13,15-18,20-21H2,1-2H3;4-5,8,13,16,23-24H,3,6-7,9-12,14-15,17-19H2,1-2H3/t;2*25-;/m.10./s1. The normalized spacial score (nSPS) is 24.2. The first-order chi connectivity index (χ1) is 71.6. The van der Waals surface area contributed by atoms with Gasteiger partial charge in [-0.3, -0.25) is 48.6 Å². The van der Waals surface area contributed by atoms with E-state index in [9.17, 15) is 38.4 Å². The maximum Gasteiger partial charge on any atom is 0.344 e. The van der Waals surface area contributed by atoms with E-state index in [0.717, 1.165) is 222 Å². The van der Waals surface area contributed by atoms with Crippen LogP contribution in [-0.4, -0.2) is 352 Å². The first kappa shape index (κ1) is 103. The van der Waals surface area contributed by atoms with E-state index >= 15 is 0 Å². The van der Waals surface area contributed by atoms with Gasteiger partial charge in [0.2, 0.25) is 0 Å². The fraction of sp³-hybridized carbons (Fsp3) is 0.621. The molecule has 4 atom stereocenters. The van der Waals surface area contributed by atoms with Crippen molar-refractivity contribution in [3.8, 4) is 0 Å². The number of aryl methyl sites for hydroxylation is 4. The van der Waals surface area contributed by atoms with Crippen LogP contribution in [0.3, 0.4) is 0 Å². The zero-order chi connectivity index (χ0) is 102. The number of carbonyl (C=O) groups is 8. The smallest absolute Gasteiger partial charge is 0.344 e. The van der Waals surface area contributed by atoms with Gasteiger partial charge in [0.15, 0.2) is 23.1 Å². The third kappa shape index (κ3) is 22.0. The van der Waals surface area contributed by atoms with E-state index < -0.39 is 0 Å². The fourth-order valence-corrected chi connectivity index (χ4v) is 28.6. The number of hydrogen-bond acceptors (Lipinski definition) is 24. The van der Waals surface area contributed by atoms with E-state index in [1.54, 1.807) is 49.1 Å². The molecule has 32 nitrogen and oxygen atoms in total. The first-order valence-corrected chi connectivity index (χ1v) is 56.1. The van der Waals surface area contributed by atoms with Crippen LogP contribution in [0.5, 0.6) is 0 Å². The van der Waals surface area contributed by atoms with Gasteiger partial charge in [-0.05, 0) is 332 Å². The van der Waals surface area contributed by atoms with Gasteiger partial charge in [0.25, 0.3) is 0 Å². The lowest BCUT2D eigenvalue weighted by molar-refractivity contribution is 0.0254. The van der Waals surface area contributed by atoms with Crippen molar-refractivity contribution in [1.82, 2.24) is 88.1 Å². The summed E-state index contributed by atoms with van der Waals surface area (Å²) < 4.78 is 17.0. The minimum absolute atomic E-state index is 0.119. The Balaban J connectivity index is 0.000000116. The third-order valence-electron chi connectivity index (χ3n) is 37.3. The molecule has 2 bridgehead atoms. The molecule has 4 amide bonds. The number of morpholine rings is 1. The second kappa shape index (κ2) is 43.9. The summed E-state index contributed by atoms with van der Waals surface area (Å²) in [6.45, 7) is 44.5. The topological polar surface area (TPSA) is 272 Å². The number of likely N-dealkylation sites (tertiary alicyclic amines) is 8. The molecule has 16 aliphatic rings. The molecule has 16 fully saturated rings. The molecule has 24 rings (SSSR count). The Labute approximate surface area is 874 Å². The van der Waals surface area contributed by atoms with Crippen molar-refractivity contribution < 1.29 is 47.8 Å². The monoisotopic (exact) mass is 2020 g/mol. The number of amides is 4. The van der Waals surface area contributed by atoms with Crippen LogP contribution >= 0.6 is 0 Å². The molecule has 0 N–H and O–H groups in total.